The Morgan fingerprint density at radius 3 is 2.67 bits per heavy atom. The minimum absolute atomic E-state index is 0.561. The second-order valence-electron chi connectivity index (χ2n) is 6.76. The molecule has 0 radical (unpaired) electrons. The third kappa shape index (κ3) is 3.44. The fraction of sp³-hybridized carbons (Fsp3) is 0.350. The number of anilines is 1. The molecule has 24 heavy (non-hydrogen) atoms. The zero-order chi connectivity index (χ0) is 16.4. The predicted octanol–water partition coefficient (Wildman–Crippen LogP) is 3.65. The summed E-state index contributed by atoms with van der Waals surface area (Å²) in [6.45, 7) is 3.37. The maximum atomic E-state index is 4.43. The molecule has 1 aliphatic heterocycles. The first-order valence-electron chi connectivity index (χ1n) is 8.72. The van der Waals surface area contributed by atoms with Crippen molar-refractivity contribution in [1.29, 1.82) is 0 Å². The Bertz CT molecular complexity index is 801. The molecule has 1 aliphatic rings. The highest BCUT2D eigenvalue weighted by Gasteiger charge is 2.19. The van der Waals surface area contributed by atoms with Gasteiger partial charge in [0.1, 0.15) is 0 Å². The van der Waals surface area contributed by atoms with E-state index in [1.165, 1.54) is 29.5 Å². The minimum Gasteiger partial charge on any atom is -0.382 e. The zero-order valence-electron chi connectivity index (χ0n) is 14.2. The first-order chi connectivity index (χ1) is 11.8. The summed E-state index contributed by atoms with van der Waals surface area (Å²) in [5.74, 6) is 0. The highest BCUT2D eigenvalue weighted by Crippen LogP contribution is 2.21. The average molecular weight is 320 g/mol. The molecule has 4 heteroatoms. The summed E-state index contributed by atoms with van der Waals surface area (Å²) in [6.07, 6.45) is 4.46. The standard InChI is InChI=1S/C20H24N4/c1-23-15-17-13-19(7-8-20(17)22-23)21-18-9-11-24(12-10-18)14-16-5-3-2-4-6-16/h2-8,13,15,18,21H,9-12,14H2,1H3. The van der Waals surface area contributed by atoms with Gasteiger partial charge in [-0.15, -0.1) is 0 Å². The number of likely N-dealkylation sites (tertiary alicyclic amines) is 1. The summed E-state index contributed by atoms with van der Waals surface area (Å²) in [5, 5.41) is 9.33. The summed E-state index contributed by atoms with van der Waals surface area (Å²) >= 11 is 0. The van der Waals surface area contributed by atoms with Crippen molar-refractivity contribution in [2.45, 2.75) is 25.4 Å². The van der Waals surface area contributed by atoms with Crippen LogP contribution in [0.2, 0.25) is 0 Å². The molecule has 124 valence electrons. The Kier molecular flexibility index (Phi) is 4.22. The van der Waals surface area contributed by atoms with Crippen LogP contribution in [0.4, 0.5) is 5.69 Å². The lowest BCUT2D eigenvalue weighted by Gasteiger charge is -2.32. The van der Waals surface area contributed by atoms with Gasteiger partial charge in [0, 0.05) is 50.0 Å². The maximum Gasteiger partial charge on any atom is 0.0924 e. The summed E-state index contributed by atoms with van der Waals surface area (Å²) in [5.41, 5.74) is 3.67. The number of aryl methyl sites for hydroxylation is 1. The number of nitrogens with one attached hydrogen (secondary N) is 1. The highest BCUT2D eigenvalue weighted by molar-refractivity contribution is 5.82. The van der Waals surface area contributed by atoms with Crippen molar-refractivity contribution in [3.05, 3.63) is 60.3 Å². The van der Waals surface area contributed by atoms with E-state index in [1.807, 2.05) is 11.7 Å². The van der Waals surface area contributed by atoms with Crippen LogP contribution in [0.15, 0.2) is 54.7 Å². The van der Waals surface area contributed by atoms with Crippen molar-refractivity contribution in [2.24, 2.45) is 7.05 Å². The molecule has 0 saturated carbocycles. The molecule has 0 aliphatic carbocycles. The van der Waals surface area contributed by atoms with Crippen molar-refractivity contribution in [2.75, 3.05) is 18.4 Å². The number of piperidine rings is 1. The predicted molar refractivity (Wildman–Crippen MR) is 99.1 cm³/mol. The van der Waals surface area contributed by atoms with E-state index in [-0.39, 0.29) is 0 Å². The summed E-state index contributed by atoms with van der Waals surface area (Å²) in [6, 6.07) is 17.8. The van der Waals surface area contributed by atoms with E-state index in [9.17, 15) is 0 Å². The number of hydrogen-bond donors (Lipinski definition) is 1. The largest absolute Gasteiger partial charge is 0.382 e. The van der Waals surface area contributed by atoms with Crippen molar-refractivity contribution >= 4 is 16.6 Å². The van der Waals surface area contributed by atoms with Gasteiger partial charge in [-0.05, 0) is 36.6 Å². The molecule has 4 rings (SSSR count). The average Bonchev–Trinajstić information content (AvgIpc) is 2.97. The third-order valence-electron chi connectivity index (χ3n) is 4.83. The second-order valence-corrected chi connectivity index (χ2v) is 6.76. The lowest BCUT2D eigenvalue weighted by molar-refractivity contribution is 0.211. The molecule has 0 spiro atoms. The van der Waals surface area contributed by atoms with Gasteiger partial charge in [-0.25, -0.2) is 0 Å². The second kappa shape index (κ2) is 6.65. The summed E-state index contributed by atoms with van der Waals surface area (Å²) in [4.78, 5) is 2.55. The van der Waals surface area contributed by atoms with Gasteiger partial charge in [0.25, 0.3) is 0 Å². The number of rotatable bonds is 4. The number of nitrogens with zero attached hydrogens (tertiary/aromatic N) is 3. The molecule has 1 saturated heterocycles. The van der Waals surface area contributed by atoms with Gasteiger partial charge in [0.15, 0.2) is 0 Å². The minimum atomic E-state index is 0.561. The van der Waals surface area contributed by atoms with Crippen LogP contribution < -0.4 is 5.32 Å². The Labute approximate surface area is 143 Å². The Hall–Kier alpha value is -2.33. The number of fused-ring (bicyclic) bond motifs is 1. The molecule has 0 atom stereocenters. The Morgan fingerprint density at radius 1 is 1.08 bits per heavy atom. The normalized spacial score (nSPS) is 16.5. The molecule has 0 bridgehead atoms. The molecule has 2 aromatic carbocycles. The van der Waals surface area contributed by atoms with Crippen LogP contribution in [0.25, 0.3) is 10.9 Å². The fourth-order valence-electron chi connectivity index (χ4n) is 3.55. The van der Waals surface area contributed by atoms with Gasteiger partial charge in [-0.2, -0.15) is 5.10 Å². The molecular weight excluding hydrogens is 296 g/mol. The van der Waals surface area contributed by atoms with Crippen LogP contribution in [0.1, 0.15) is 18.4 Å². The van der Waals surface area contributed by atoms with Crippen molar-refractivity contribution in [1.82, 2.24) is 14.7 Å². The molecule has 2 heterocycles. The van der Waals surface area contributed by atoms with E-state index in [1.54, 1.807) is 0 Å². The molecule has 0 amide bonds. The van der Waals surface area contributed by atoms with E-state index >= 15 is 0 Å². The van der Waals surface area contributed by atoms with Crippen LogP contribution in [0.3, 0.4) is 0 Å². The quantitative estimate of drug-likeness (QED) is 0.796. The first kappa shape index (κ1) is 15.2. The molecule has 1 N–H and O–H groups in total. The molecule has 1 aromatic heterocycles. The SMILES string of the molecule is Cn1cc2cc(NC3CCN(Cc4ccccc4)CC3)ccc2n1. The zero-order valence-corrected chi connectivity index (χ0v) is 14.2. The van der Waals surface area contributed by atoms with Gasteiger partial charge in [-0.1, -0.05) is 30.3 Å². The van der Waals surface area contributed by atoms with Crippen LogP contribution >= 0.6 is 0 Å². The van der Waals surface area contributed by atoms with Gasteiger partial charge in [0.2, 0.25) is 0 Å². The topological polar surface area (TPSA) is 33.1 Å². The van der Waals surface area contributed by atoms with Crippen LogP contribution in [-0.4, -0.2) is 33.8 Å². The number of hydrogen-bond acceptors (Lipinski definition) is 3. The van der Waals surface area contributed by atoms with E-state index in [4.69, 9.17) is 0 Å². The summed E-state index contributed by atoms with van der Waals surface area (Å²) < 4.78 is 1.87. The van der Waals surface area contributed by atoms with E-state index in [0.717, 1.165) is 25.2 Å². The van der Waals surface area contributed by atoms with E-state index in [2.05, 4.69) is 70.0 Å². The monoisotopic (exact) mass is 320 g/mol. The van der Waals surface area contributed by atoms with Gasteiger partial charge in [-0.3, -0.25) is 9.58 Å². The Morgan fingerprint density at radius 2 is 1.88 bits per heavy atom. The smallest absolute Gasteiger partial charge is 0.0924 e. The van der Waals surface area contributed by atoms with Gasteiger partial charge in [0.05, 0.1) is 5.52 Å². The number of benzene rings is 2. The van der Waals surface area contributed by atoms with Gasteiger partial charge < -0.3 is 5.32 Å². The van der Waals surface area contributed by atoms with Crippen LogP contribution in [-0.2, 0) is 13.6 Å². The van der Waals surface area contributed by atoms with Crippen molar-refractivity contribution < 1.29 is 0 Å². The maximum absolute atomic E-state index is 4.43. The van der Waals surface area contributed by atoms with Crippen LogP contribution in [0, 0.1) is 0 Å². The molecule has 0 unspecified atom stereocenters. The summed E-state index contributed by atoms with van der Waals surface area (Å²) in [7, 11) is 1.97. The molecular formula is C20H24N4. The van der Waals surface area contributed by atoms with Crippen LogP contribution in [0.5, 0.6) is 0 Å². The molecule has 4 nitrogen and oxygen atoms in total. The van der Waals surface area contributed by atoms with Crippen molar-refractivity contribution in [3.63, 3.8) is 0 Å². The first-order valence-corrected chi connectivity index (χ1v) is 8.72. The third-order valence-corrected chi connectivity index (χ3v) is 4.83. The lowest BCUT2D eigenvalue weighted by Crippen LogP contribution is -2.38. The van der Waals surface area contributed by atoms with Gasteiger partial charge >= 0.3 is 0 Å². The van der Waals surface area contributed by atoms with Crippen molar-refractivity contribution in [3.8, 4) is 0 Å². The van der Waals surface area contributed by atoms with E-state index < -0.39 is 0 Å². The molecule has 1 fully saturated rings. The molecule has 3 aromatic rings. The Balaban J connectivity index is 1.33. The highest BCUT2D eigenvalue weighted by atomic mass is 15.2. The number of aromatic nitrogens is 2. The van der Waals surface area contributed by atoms with E-state index in [0.29, 0.717) is 6.04 Å². The fourth-order valence-corrected chi connectivity index (χ4v) is 3.55. The lowest BCUT2D eigenvalue weighted by atomic mass is 10.0.